The molecule has 3 rings (SSSR count). The largest absolute Gasteiger partial charge is 0.487 e. The number of thiazole rings is 1. The van der Waals surface area contributed by atoms with Crippen LogP contribution in [0.1, 0.15) is 41.9 Å². The Hall–Kier alpha value is -1.71. The molecule has 6 nitrogen and oxygen atoms in total. The molecule has 0 spiro atoms. The van der Waals surface area contributed by atoms with Crippen molar-refractivity contribution >= 4 is 54.8 Å². The maximum absolute atomic E-state index is 13.2. The van der Waals surface area contributed by atoms with Crippen molar-refractivity contribution in [3.8, 4) is 5.75 Å². The molecule has 9 heteroatoms. The fourth-order valence-electron chi connectivity index (χ4n) is 2.65. The number of aromatic nitrogens is 2. The number of pyridine rings is 1. The second-order valence-electron chi connectivity index (χ2n) is 5.73. The number of fused-ring (bicyclic) bond motifs is 1. The van der Waals surface area contributed by atoms with Crippen molar-refractivity contribution in [1.82, 2.24) is 9.55 Å². The van der Waals surface area contributed by atoms with Crippen LogP contribution in [0.3, 0.4) is 0 Å². The third-order valence-corrected chi connectivity index (χ3v) is 6.27. The van der Waals surface area contributed by atoms with Crippen LogP contribution in [-0.2, 0) is 11.3 Å². The zero-order valence-electron chi connectivity index (χ0n) is 15.0. The van der Waals surface area contributed by atoms with E-state index in [2.05, 4.69) is 20.9 Å². The van der Waals surface area contributed by atoms with Crippen molar-refractivity contribution in [2.75, 3.05) is 13.2 Å². The lowest BCUT2D eigenvalue weighted by Gasteiger charge is -2.15. The maximum atomic E-state index is 13.2. The topological polar surface area (TPSA) is 70.4 Å². The quantitative estimate of drug-likeness (QED) is 0.352. The molecule has 3 aromatic heterocycles. The summed E-state index contributed by atoms with van der Waals surface area (Å²) in [5.74, 6) is -0.457. The van der Waals surface area contributed by atoms with Gasteiger partial charge in [0.2, 0.25) is 5.75 Å². The van der Waals surface area contributed by atoms with Crippen LogP contribution in [-0.4, -0.2) is 28.7 Å². The average Bonchev–Trinajstić information content (AvgIpc) is 3.27. The minimum Gasteiger partial charge on any atom is -0.487 e. The molecular weight excluding hydrogens is 452 g/mol. The number of carbonyl (C=O) groups is 1. The van der Waals surface area contributed by atoms with E-state index in [1.54, 1.807) is 17.7 Å². The number of unbranched alkanes of at least 4 members (excludes halogenated alkanes) is 1. The van der Waals surface area contributed by atoms with E-state index in [9.17, 15) is 9.59 Å². The molecule has 0 N–H and O–H groups in total. The normalized spacial score (nSPS) is 11.1. The molecule has 3 aromatic rings. The number of thiophene rings is 1. The maximum Gasteiger partial charge on any atom is 0.343 e. The molecule has 0 aromatic carbocycles. The van der Waals surface area contributed by atoms with Crippen LogP contribution < -0.4 is 10.3 Å². The molecule has 0 radical (unpaired) electrons. The summed E-state index contributed by atoms with van der Waals surface area (Å²) in [6.45, 7) is 4.75. The van der Waals surface area contributed by atoms with Gasteiger partial charge in [0, 0.05) is 11.1 Å². The van der Waals surface area contributed by atoms with Crippen molar-refractivity contribution in [3.05, 3.63) is 42.4 Å². The number of carbonyl (C=O) groups excluding carboxylic acids is 1. The molecule has 0 saturated carbocycles. The molecule has 0 atom stereocenters. The van der Waals surface area contributed by atoms with Crippen LogP contribution in [0.4, 0.5) is 0 Å². The third-order valence-electron chi connectivity index (χ3n) is 3.89. The minimum atomic E-state index is -0.527. The smallest absolute Gasteiger partial charge is 0.343 e. The lowest BCUT2D eigenvalue weighted by atomic mass is 10.2. The Morgan fingerprint density at radius 2 is 2.19 bits per heavy atom. The first kappa shape index (κ1) is 20.0. The highest BCUT2D eigenvalue weighted by Gasteiger charge is 2.25. The fraction of sp³-hybridized carbons (Fsp3) is 0.389. The Morgan fingerprint density at radius 3 is 2.85 bits per heavy atom. The minimum absolute atomic E-state index is 0.0698. The Kier molecular flexibility index (Phi) is 6.67. The Bertz CT molecular complexity index is 1010. The standard InChI is InChI=1S/C18H19BrN2O4S2/c1-3-5-7-25-14-13(17(23)24-4-2)15-12(6-8-26-15)21(16(14)22)10-11-9-20-18(19)27-11/h6,8-9H,3-5,7,10H2,1-2H3. The predicted molar refractivity (Wildman–Crippen MR) is 111 cm³/mol. The SMILES string of the molecule is CCCCOc1c(C(=O)OCC)c2sccc2n(Cc2cnc(Br)s2)c1=O. The Balaban J connectivity index is 2.16. The molecule has 27 heavy (non-hydrogen) atoms. The van der Waals surface area contributed by atoms with Gasteiger partial charge in [-0.15, -0.1) is 22.7 Å². The number of esters is 1. The van der Waals surface area contributed by atoms with Gasteiger partial charge in [-0.05, 0) is 40.7 Å². The number of nitrogens with zero attached hydrogens (tertiary/aromatic N) is 2. The van der Waals surface area contributed by atoms with E-state index in [0.29, 0.717) is 23.4 Å². The summed E-state index contributed by atoms with van der Waals surface area (Å²) in [7, 11) is 0. The first-order valence-electron chi connectivity index (χ1n) is 8.60. The Labute approximate surface area is 172 Å². The summed E-state index contributed by atoms with van der Waals surface area (Å²) >= 11 is 6.21. The molecule has 3 heterocycles. The first-order chi connectivity index (χ1) is 13.1. The highest BCUT2D eigenvalue weighted by atomic mass is 79.9. The molecule has 0 saturated heterocycles. The van der Waals surface area contributed by atoms with Crippen LogP contribution in [0.2, 0.25) is 0 Å². The van der Waals surface area contributed by atoms with Crippen molar-refractivity contribution in [2.24, 2.45) is 0 Å². The molecule has 0 amide bonds. The lowest BCUT2D eigenvalue weighted by molar-refractivity contribution is 0.0524. The van der Waals surface area contributed by atoms with Crippen LogP contribution >= 0.6 is 38.6 Å². The third kappa shape index (κ3) is 4.25. The van der Waals surface area contributed by atoms with E-state index in [-0.39, 0.29) is 23.5 Å². The molecule has 0 bridgehead atoms. The van der Waals surface area contributed by atoms with E-state index in [1.165, 1.54) is 22.7 Å². The molecule has 0 aliphatic heterocycles. The number of rotatable bonds is 8. The molecule has 0 fully saturated rings. The van der Waals surface area contributed by atoms with Crippen LogP contribution in [0, 0.1) is 0 Å². The van der Waals surface area contributed by atoms with Gasteiger partial charge in [-0.2, -0.15) is 0 Å². The van der Waals surface area contributed by atoms with E-state index in [0.717, 1.165) is 21.6 Å². The van der Waals surface area contributed by atoms with Crippen molar-refractivity contribution in [2.45, 2.75) is 33.2 Å². The van der Waals surface area contributed by atoms with Crippen LogP contribution in [0.15, 0.2) is 26.4 Å². The number of hydrogen-bond donors (Lipinski definition) is 0. The monoisotopic (exact) mass is 470 g/mol. The molecule has 0 unspecified atom stereocenters. The summed E-state index contributed by atoms with van der Waals surface area (Å²) in [6, 6.07) is 1.84. The van der Waals surface area contributed by atoms with Gasteiger partial charge in [0.1, 0.15) is 5.56 Å². The average molecular weight is 471 g/mol. The highest BCUT2D eigenvalue weighted by Crippen LogP contribution is 2.31. The van der Waals surface area contributed by atoms with Gasteiger partial charge in [-0.1, -0.05) is 13.3 Å². The van der Waals surface area contributed by atoms with Crippen LogP contribution in [0.25, 0.3) is 10.2 Å². The van der Waals surface area contributed by atoms with E-state index in [4.69, 9.17) is 9.47 Å². The summed E-state index contributed by atoms with van der Waals surface area (Å²) in [5, 5.41) is 1.86. The Morgan fingerprint density at radius 1 is 1.37 bits per heavy atom. The number of ether oxygens (including phenoxy) is 2. The molecule has 0 aliphatic carbocycles. The van der Waals surface area contributed by atoms with E-state index < -0.39 is 5.97 Å². The zero-order chi connectivity index (χ0) is 19.4. The fourth-order valence-corrected chi connectivity index (χ4v) is 4.93. The first-order valence-corrected chi connectivity index (χ1v) is 11.1. The van der Waals surface area contributed by atoms with Gasteiger partial charge >= 0.3 is 5.97 Å². The summed E-state index contributed by atoms with van der Waals surface area (Å²) in [4.78, 5) is 30.9. The van der Waals surface area contributed by atoms with Gasteiger partial charge in [-0.3, -0.25) is 9.36 Å². The summed E-state index contributed by atoms with van der Waals surface area (Å²) in [5.41, 5.74) is 0.592. The zero-order valence-corrected chi connectivity index (χ0v) is 18.2. The van der Waals surface area contributed by atoms with Gasteiger partial charge < -0.3 is 9.47 Å². The number of hydrogen-bond acceptors (Lipinski definition) is 7. The molecular formula is C18H19BrN2O4S2. The molecule has 144 valence electrons. The van der Waals surface area contributed by atoms with E-state index >= 15 is 0 Å². The second kappa shape index (κ2) is 8.99. The van der Waals surface area contributed by atoms with Crippen LogP contribution in [0.5, 0.6) is 5.75 Å². The van der Waals surface area contributed by atoms with Gasteiger partial charge in [0.05, 0.1) is 30.0 Å². The second-order valence-corrected chi connectivity index (χ2v) is 9.04. The van der Waals surface area contributed by atoms with Gasteiger partial charge in [-0.25, -0.2) is 9.78 Å². The predicted octanol–water partition coefficient (Wildman–Crippen LogP) is 4.69. The molecule has 0 aliphatic rings. The van der Waals surface area contributed by atoms with Crippen molar-refractivity contribution < 1.29 is 14.3 Å². The van der Waals surface area contributed by atoms with Crippen molar-refractivity contribution in [1.29, 1.82) is 0 Å². The number of halogens is 1. The summed E-state index contributed by atoms with van der Waals surface area (Å²) < 4.78 is 14.1. The highest BCUT2D eigenvalue weighted by molar-refractivity contribution is 9.11. The van der Waals surface area contributed by atoms with Gasteiger partial charge in [0.15, 0.2) is 3.92 Å². The van der Waals surface area contributed by atoms with E-state index in [1.807, 2.05) is 18.4 Å². The van der Waals surface area contributed by atoms with Crippen molar-refractivity contribution in [3.63, 3.8) is 0 Å². The lowest BCUT2D eigenvalue weighted by Crippen LogP contribution is -2.26. The summed E-state index contributed by atoms with van der Waals surface area (Å²) in [6.07, 6.45) is 3.46. The van der Waals surface area contributed by atoms with Gasteiger partial charge in [0.25, 0.3) is 5.56 Å².